The van der Waals surface area contributed by atoms with Crippen molar-refractivity contribution in [3.63, 3.8) is 0 Å². The summed E-state index contributed by atoms with van der Waals surface area (Å²) in [6, 6.07) is 17.2. The van der Waals surface area contributed by atoms with Gasteiger partial charge >= 0.3 is 0 Å². The average molecular weight is 368 g/mol. The lowest BCUT2D eigenvalue weighted by Gasteiger charge is -2.09. The van der Waals surface area contributed by atoms with Crippen molar-refractivity contribution in [3.05, 3.63) is 60.2 Å². The highest BCUT2D eigenvalue weighted by molar-refractivity contribution is 5.86. The van der Waals surface area contributed by atoms with Gasteiger partial charge in [-0.05, 0) is 42.7 Å². The molecule has 0 aliphatic carbocycles. The van der Waals surface area contributed by atoms with Gasteiger partial charge in [0.2, 0.25) is 0 Å². The maximum Gasteiger partial charge on any atom is 0.277 e. The molecular weight excluding hydrogens is 340 g/mol. The van der Waals surface area contributed by atoms with Crippen LogP contribution < -0.4 is 14.9 Å². The monoisotopic (exact) mass is 368 g/mol. The first-order valence-corrected chi connectivity index (χ1v) is 9.45. The summed E-state index contributed by atoms with van der Waals surface area (Å²) in [6.45, 7) is 4.64. The maximum absolute atomic E-state index is 11.9. The first kappa shape index (κ1) is 20.5. The first-order valence-electron chi connectivity index (χ1n) is 9.45. The zero-order valence-corrected chi connectivity index (χ0v) is 16.1. The van der Waals surface area contributed by atoms with Gasteiger partial charge in [0.05, 0.1) is 0 Å². The molecule has 0 atom stereocenters. The van der Waals surface area contributed by atoms with Gasteiger partial charge in [-0.1, -0.05) is 57.0 Å². The third-order valence-corrected chi connectivity index (χ3v) is 3.86. The second-order valence-electron chi connectivity index (χ2n) is 6.25. The minimum Gasteiger partial charge on any atom is -0.489 e. The summed E-state index contributed by atoms with van der Waals surface area (Å²) in [5.41, 5.74) is 4.70. The van der Waals surface area contributed by atoms with Crippen molar-refractivity contribution < 1.29 is 14.3 Å². The Labute approximate surface area is 161 Å². The molecule has 0 heterocycles. The van der Waals surface area contributed by atoms with Gasteiger partial charge in [-0.2, -0.15) is 5.10 Å². The Bertz CT molecular complexity index is 704. The highest BCUT2D eigenvalue weighted by atomic mass is 16.5. The molecule has 0 saturated carbocycles. The zero-order chi connectivity index (χ0) is 19.3. The molecule has 2 aromatic rings. The van der Waals surface area contributed by atoms with Gasteiger partial charge < -0.3 is 9.47 Å². The third-order valence-electron chi connectivity index (χ3n) is 3.86. The molecule has 5 nitrogen and oxygen atoms in total. The second-order valence-corrected chi connectivity index (χ2v) is 6.25. The number of nitrogens with zero attached hydrogens (tertiary/aromatic N) is 1. The predicted molar refractivity (Wildman–Crippen MR) is 108 cm³/mol. The lowest BCUT2D eigenvalue weighted by molar-refractivity contribution is -0.123. The van der Waals surface area contributed by atoms with Gasteiger partial charge in [0.25, 0.3) is 5.91 Å². The molecule has 1 amide bonds. The van der Waals surface area contributed by atoms with E-state index in [1.54, 1.807) is 12.1 Å². The number of hydrogen-bond donors (Lipinski definition) is 1. The van der Waals surface area contributed by atoms with Crippen molar-refractivity contribution in [3.8, 4) is 11.5 Å². The Hall–Kier alpha value is -2.82. The molecule has 0 bridgehead atoms. The van der Waals surface area contributed by atoms with Gasteiger partial charge in [0.15, 0.2) is 6.61 Å². The molecule has 27 heavy (non-hydrogen) atoms. The van der Waals surface area contributed by atoms with Crippen molar-refractivity contribution in [1.29, 1.82) is 0 Å². The number of carbonyl (C=O) groups is 1. The van der Waals surface area contributed by atoms with Crippen molar-refractivity contribution in [1.82, 2.24) is 5.43 Å². The number of carbonyl (C=O) groups excluding carboxylic acids is 1. The van der Waals surface area contributed by atoms with Crippen LogP contribution in [0.1, 0.15) is 45.1 Å². The summed E-state index contributed by atoms with van der Waals surface area (Å²) >= 11 is 0. The van der Waals surface area contributed by atoms with Gasteiger partial charge in [-0.25, -0.2) is 5.43 Å². The summed E-state index contributed by atoms with van der Waals surface area (Å²) in [7, 11) is 0. The van der Waals surface area contributed by atoms with E-state index in [2.05, 4.69) is 24.4 Å². The summed E-state index contributed by atoms with van der Waals surface area (Å²) in [5, 5.41) is 4.20. The minimum absolute atomic E-state index is 0.0702. The van der Waals surface area contributed by atoms with Crippen LogP contribution in [0.4, 0.5) is 0 Å². The topological polar surface area (TPSA) is 59.9 Å². The van der Waals surface area contributed by atoms with E-state index >= 15 is 0 Å². The van der Waals surface area contributed by atoms with E-state index in [9.17, 15) is 4.79 Å². The van der Waals surface area contributed by atoms with Gasteiger partial charge in [0, 0.05) is 5.71 Å². The fraction of sp³-hybridized carbons (Fsp3) is 0.364. The fourth-order valence-electron chi connectivity index (χ4n) is 2.51. The van der Waals surface area contributed by atoms with Crippen molar-refractivity contribution in [2.75, 3.05) is 6.61 Å². The number of rotatable bonds is 11. The van der Waals surface area contributed by atoms with Gasteiger partial charge in [-0.3, -0.25) is 4.79 Å². The highest BCUT2D eigenvalue weighted by Crippen LogP contribution is 2.18. The van der Waals surface area contributed by atoms with E-state index in [1.807, 2.05) is 42.5 Å². The van der Waals surface area contributed by atoms with Crippen LogP contribution in [0.15, 0.2) is 59.7 Å². The SMILES string of the molecule is CCCC(CCC)=NNC(=O)COc1ccc(OCc2ccccc2)cc1. The smallest absolute Gasteiger partial charge is 0.277 e. The first-order chi connectivity index (χ1) is 13.2. The number of hydrogen-bond acceptors (Lipinski definition) is 4. The molecule has 0 aliphatic heterocycles. The Morgan fingerprint density at radius 1 is 0.889 bits per heavy atom. The molecule has 5 heteroatoms. The molecule has 2 rings (SSSR count). The van der Waals surface area contributed by atoms with Gasteiger partial charge in [0.1, 0.15) is 18.1 Å². The minimum atomic E-state index is -0.260. The van der Waals surface area contributed by atoms with Gasteiger partial charge in [-0.15, -0.1) is 0 Å². The standard InChI is InChI=1S/C22H28N2O3/c1-3-8-19(9-4-2)23-24-22(25)17-27-21-14-12-20(13-15-21)26-16-18-10-6-5-7-11-18/h5-7,10-15H,3-4,8-9,16-17H2,1-2H3,(H,24,25). The quantitative estimate of drug-likeness (QED) is 0.461. The van der Waals surface area contributed by atoms with E-state index in [0.29, 0.717) is 12.4 Å². The molecule has 0 unspecified atom stereocenters. The van der Waals surface area contributed by atoms with Crippen molar-refractivity contribution >= 4 is 11.6 Å². The van der Waals surface area contributed by atoms with Crippen molar-refractivity contribution in [2.45, 2.75) is 46.1 Å². The maximum atomic E-state index is 11.9. The zero-order valence-electron chi connectivity index (χ0n) is 16.1. The largest absolute Gasteiger partial charge is 0.489 e. The van der Waals surface area contributed by atoms with E-state index in [-0.39, 0.29) is 12.5 Å². The van der Waals surface area contributed by atoms with Crippen molar-refractivity contribution in [2.24, 2.45) is 5.10 Å². The Balaban J connectivity index is 1.75. The molecule has 1 N–H and O–H groups in total. The van der Waals surface area contributed by atoms with Crippen LogP contribution in [0.2, 0.25) is 0 Å². The van der Waals surface area contributed by atoms with E-state index in [1.165, 1.54) is 0 Å². The van der Waals surface area contributed by atoms with E-state index < -0.39 is 0 Å². The normalized spacial score (nSPS) is 10.1. The lowest BCUT2D eigenvalue weighted by atomic mass is 10.1. The number of benzene rings is 2. The lowest BCUT2D eigenvalue weighted by Crippen LogP contribution is -2.25. The van der Waals surface area contributed by atoms with E-state index in [0.717, 1.165) is 42.7 Å². The van der Waals surface area contributed by atoms with Crippen LogP contribution in [0, 0.1) is 0 Å². The number of hydrazone groups is 1. The van der Waals surface area contributed by atoms with Crippen LogP contribution in [-0.4, -0.2) is 18.2 Å². The average Bonchev–Trinajstić information content (AvgIpc) is 2.71. The van der Waals surface area contributed by atoms with Crippen LogP contribution in [0.3, 0.4) is 0 Å². The second kappa shape index (κ2) is 11.7. The summed E-state index contributed by atoms with van der Waals surface area (Å²) in [4.78, 5) is 11.9. The molecule has 0 saturated heterocycles. The van der Waals surface area contributed by atoms with Crippen LogP contribution in [0.25, 0.3) is 0 Å². The molecule has 2 aromatic carbocycles. The Kier molecular flexibility index (Phi) is 8.90. The van der Waals surface area contributed by atoms with Crippen LogP contribution in [-0.2, 0) is 11.4 Å². The Morgan fingerprint density at radius 2 is 1.48 bits per heavy atom. The molecular formula is C22H28N2O3. The fourth-order valence-corrected chi connectivity index (χ4v) is 2.51. The molecule has 0 aliphatic rings. The van der Waals surface area contributed by atoms with Crippen LogP contribution in [0.5, 0.6) is 11.5 Å². The summed E-state index contributed by atoms with van der Waals surface area (Å²) < 4.78 is 11.2. The highest BCUT2D eigenvalue weighted by Gasteiger charge is 2.04. The Morgan fingerprint density at radius 3 is 2.07 bits per heavy atom. The third kappa shape index (κ3) is 7.94. The predicted octanol–water partition coefficient (Wildman–Crippen LogP) is 4.72. The molecule has 0 radical (unpaired) electrons. The molecule has 0 aromatic heterocycles. The number of amides is 1. The molecule has 0 spiro atoms. The molecule has 144 valence electrons. The van der Waals surface area contributed by atoms with E-state index in [4.69, 9.17) is 9.47 Å². The number of nitrogens with one attached hydrogen (secondary N) is 1. The summed E-state index contributed by atoms with van der Waals surface area (Å²) in [5.74, 6) is 1.11. The summed E-state index contributed by atoms with van der Waals surface area (Å²) in [6.07, 6.45) is 3.84. The van der Waals surface area contributed by atoms with Crippen LogP contribution >= 0.6 is 0 Å². The molecule has 0 fully saturated rings. The number of ether oxygens (including phenoxy) is 2.